The average molecular weight is 256 g/mol. The van der Waals surface area contributed by atoms with Crippen molar-refractivity contribution in [1.29, 1.82) is 0 Å². The van der Waals surface area contributed by atoms with E-state index in [0.717, 1.165) is 0 Å². The zero-order valence-corrected chi connectivity index (χ0v) is 9.41. The van der Waals surface area contributed by atoms with Crippen molar-refractivity contribution in [2.45, 2.75) is 5.75 Å². The smallest absolute Gasteiger partial charge is 0.239 e. The lowest BCUT2D eigenvalue weighted by Crippen LogP contribution is -2.16. The Morgan fingerprint density at radius 2 is 2.24 bits per heavy atom. The maximum atomic E-state index is 12.9. The monoisotopic (exact) mass is 256 g/mol. The molecule has 0 fully saturated rings. The quantitative estimate of drug-likeness (QED) is 0.850. The Hall–Kier alpha value is -1.96. The molecule has 90 valence electrons. The molecule has 1 aromatic heterocycles. The van der Waals surface area contributed by atoms with Gasteiger partial charge in [-0.1, -0.05) is 12.1 Å². The Morgan fingerprint density at radius 3 is 2.88 bits per heavy atom. The number of benzene rings is 1. The van der Waals surface area contributed by atoms with E-state index in [1.165, 1.54) is 30.6 Å². The molecule has 1 heterocycles. The van der Waals surface area contributed by atoms with Gasteiger partial charge in [0.15, 0.2) is 0 Å². The van der Waals surface area contributed by atoms with E-state index in [9.17, 15) is 12.8 Å². The van der Waals surface area contributed by atoms with Crippen LogP contribution < -0.4 is 4.72 Å². The molecule has 0 amide bonds. The number of nitrogens with one attached hydrogen (secondary N) is 2. The third-order valence-corrected chi connectivity index (χ3v) is 3.13. The number of anilines is 1. The number of H-pyrrole nitrogens is 1. The van der Waals surface area contributed by atoms with Crippen LogP contribution in [0.5, 0.6) is 0 Å². The molecule has 0 spiro atoms. The molecule has 2 aromatic rings. The van der Waals surface area contributed by atoms with E-state index < -0.39 is 15.8 Å². The van der Waals surface area contributed by atoms with Crippen molar-refractivity contribution in [2.75, 3.05) is 4.72 Å². The van der Waals surface area contributed by atoms with Crippen molar-refractivity contribution in [3.05, 3.63) is 42.0 Å². The van der Waals surface area contributed by atoms with Crippen molar-refractivity contribution in [3.63, 3.8) is 0 Å². The van der Waals surface area contributed by atoms with Gasteiger partial charge in [-0.25, -0.2) is 17.9 Å². The molecule has 0 saturated heterocycles. The first-order valence-electron chi connectivity index (χ1n) is 4.65. The van der Waals surface area contributed by atoms with Gasteiger partial charge in [-0.2, -0.15) is 10.1 Å². The first-order chi connectivity index (χ1) is 8.05. The molecule has 8 heteroatoms. The molecule has 6 nitrogen and oxygen atoms in total. The number of sulfonamides is 1. The highest BCUT2D eigenvalue weighted by atomic mass is 32.2. The van der Waals surface area contributed by atoms with Crippen LogP contribution in [0.2, 0.25) is 0 Å². The van der Waals surface area contributed by atoms with Crippen LogP contribution in [0, 0.1) is 5.82 Å². The van der Waals surface area contributed by atoms with E-state index in [-0.39, 0.29) is 11.7 Å². The first kappa shape index (κ1) is 11.5. The summed E-state index contributed by atoms with van der Waals surface area (Å²) in [5.74, 6) is -0.774. The van der Waals surface area contributed by atoms with Gasteiger partial charge >= 0.3 is 0 Å². The summed E-state index contributed by atoms with van der Waals surface area (Å²) < 4.78 is 38.4. The van der Waals surface area contributed by atoms with E-state index >= 15 is 0 Å². The molecule has 2 N–H and O–H groups in total. The third kappa shape index (κ3) is 3.25. The molecule has 0 aliphatic heterocycles. The summed E-state index contributed by atoms with van der Waals surface area (Å²) in [5.41, 5.74) is 0.358. The molecule has 2 rings (SSSR count). The maximum Gasteiger partial charge on any atom is 0.239 e. The maximum absolute atomic E-state index is 12.9. The minimum atomic E-state index is -3.62. The van der Waals surface area contributed by atoms with Crippen LogP contribution >= 0.6 is 0 Å². The summed E-state index contributed by atoms with van der Waals surface area (Å²) in [6, 6.07) is 5.40. The predicted molar refractivity (Wildman–Crippen MR) is 59.0 cm³/mol. The fourth-order valence-electron chi connectivity index (χ4n) is 1.28. The Morgan fingerprint density at radius 1 is 1.41 bits per heavy atom. The van der Waals surface area contributed by atoms with Gasteiger partial charge in [0.25, 0.3) is 0 Å². The van der Waals surface area contributed by atoms with Crippen LogP contribution in [0.15, 0.2) is 30.6 Å². The Kier molecular flexibility index (Phi) is 3.05. The Labute approximate surface area is 96.9 Å². The van der Waals surface area contributed by atoms with Crippen LogP contribution in [-0.4, -0.2) is 23.6 Å². The van der Waals surface area contributed by atoms with Gasteiger partial charge < -0.3 is 0 Å². The Balaban J connectivity index is 2.12. The summed E-state index contributed by atoms with van der Waals surface area (Å²) >= 11 is 0. The first-order valence-corrected chi connectivity index (χ1v) is 6.31. The SMILES string of the molecule is O=S(=O)(Cc1cccc(F)c1)Nc1ncn[nH]1. The fourth-order valence-corrected chi connectivity index (χ4v) is 2.37. The standard InChI is InChI=1S/C9H9FN4O2S/c10-8-3-1-2-7(4-8)5-17(15,16)14-9-11-6-12-13-9/h1-4,6H,5H2,(H2,11,12,13,14). The van der Waals surface area contributed by atoms with Gasteiger partial charge in [-0.05, 0) is 17.7 Å². The zero-order valence-electron chi connectivity index (χ0n) is 8.59. The molecule has 0 aliphatic carbocycles. The predicted octanol–water partition coefficient (Wildman–Crippen LogP) is 0.886. The lowest BCUT2D eigenvalue weighted by Gasteiger charge is -2.04. The second-order valence-corrected chi connectivity index (χ2v) is 5.05. The van der Waals surface area contributed by atoms with Gasteiger partial charge in [0, 0.05) is 0 Å². The summed E-state index contributed by atoms with van der Waals surface area (Å²) in [7, 11) is -3.62. The van der Waals surface area contributed by atoms with Gasteiger partial charge in [0.2, 0.25) is 16.0 Å². The topological polar surface area (TPSA) is 87.7 Å². The molecule has 17 heavy (non-hydrogen) atoms. The lowest BCUT2D eigenvalue weighted by molar-refractivity contribution is 0.599. The van der Waals surface area contributed by atoms with E-state index in [1.807, 2.05) is 0 Å². The van der Waals surface area contributed by atoms with Crippen LogP contribution in [0.3, 0.4) is 0 Å². The second-order valence-electron chi connectivity index (χ2n) is 3.33. The van der Waals surface area contributed by atoms with E-state index in [1.54, 1.807) is 0 Å². The van der Waals surface area contributed by atoms with Gasteiger partial charge in [0.1, 0.15) is 12.1 Å². The van der Waals surface area contributed by atoms with Gasteiger partial charge in [-0.15, -0.1) is 0 Å². The molecular formula is C9H9FN4O2S. The number of aromatic nitrogens is 3. The highest BCUT2D eigenvalue weighted by Gasteiger charge is 2.13. The van der Waals surface area contributed by atoms with E-state index in [4.69, 9.17) is 0 Å². The molecule has 0 atom stereocenters. The molecule has 0 aliphatic rings. The fraction of sp³-hybridized carbons (Fsp3) is 0.111. The van der Waals surface area contributed by atoms with Crippen LogP contribution in [-0.2, 0) is 15.8 Å². The van der Waals surface area contributed by atoms with Crippen molar-refractivity contribution >= 4 is 16.0 Å². The highest BCUT2D eigenvalue weighted by molar-refractivity contribution is 7.91. The van der Waals surface area contributed by atoms with Gasteiger partial charge in [0.05, 0.1) is 5.75 Å². The third-order valence-electron chi connectivity index (χ3n) is 1.91. The molecule has 0 radical (unpaired) electrons. The molecule has 1 aromatic carbocycles. The highest BCUT2D eigenvalue weighted by Crippen LogP contribution is 2.09. The molecule has 0 unspecified atom stereocenters. The summed E-state index contributed by atoms with van der Waals surface area (Å²) in [6.07, 6.45) is 1.18. The average Bonchev–Trinajstić information content (AvgIpc) is 2.68. The number of hydrogen-bond acceptors (Lipinski definition) is 4. The van der Waals surface area contributed by atoms with E-state index in [0.29, 0.717) is 5.56 Å². The number of rotatable bonds is 4. The number of aromatic amines is 1. The van der Waals surface area contributed by atoms with Crippen LogP contribution in [0.4, 0.5) is 10.3 Å². The number of halogens is 1. The zero-order chi connectivity index (χ0) is 12.3. The molecule has 0 bridgehead atoms. The lowest BCUT2D eigenvalue weighted by atomic mass is 10.2. The van der Waals surface area contributed by atoms with Crippen LogP contribution in [0.25, 0.3) is 0 Å². The normalized spacial score (nSPS) is 11.4. The second kappa shape index (κ2) is 4.50. The van der Waals surface area contributed by atoms with Gasteiger partial charge in [-0.3, -0.25) is 4.72 Å². The van der Waals surface area contributed by atoms with Crippen molar-refractivity contribution < 1.29 is 12.8 Å². The molecular weight excluding hydrogens is 247 g/mol. The van der Waals surface area contributed by atoms with Crippen molar-refractivity contribution in [3.8, 4) is 0 Å². The van der Waals surface area contributed by atoms with Crippen molar-refractivity contribution in [2.24, 2.45) is 0 Å². The summed E-state index contributed by atoms with van der Waals surface area (Å²) in [5, 5.41) is 5.87. The number of nitrogens with zero attached hydrogens (tertiary/aromatic N) is 2. The van der Waals surface area contributed by atoms with E-state index in [2.05, 4.69) is 19.9 Å². The number of hydrogen-bond donors (Lipinski definition) is 2. The van der Waals surface area contributed by atoms with Crippen LogP contribution in [0.1, 0.15) is 5.56 Å². The largest absolute Gasteiger partial charge is 0.251 e. The van der Waals surface area contributed by atoms with Crippen molar-refractivity contribution in [1.82, 2.24) is 15.2 Å². The minimum Gasteiger partial charge on any atom is -0.251 e. The summed E-state index contributed by atoms with van der Waals surface area (Å²) in [6.45, 7) is 0. The molecule has 0 saturated carbocycles. The Bertz CT molecular complexity index is 597. The summed E-state index contributed by atoms with van der Waals surface area (Å²) in [4.78, 5) is 3.63. The minimum absolute atomic E-state index is 0.0291.